The molecule has 4 aromatic rings. The Bertz CT molecular complexity index is 1910. The van der Waals surface area contributed by atoms with Crippen molar-refractivity contribution in [2.75, 3.05) is 30.4 Å². The summed E-state index contributed by atoms with van der Waals surface area (Å²) in [6.45, 7) is -0.0302. The first-order valence-electron chi connectivity index (χ1n) is 15.2. The molecule has 0 spiro atoms. The highest BCUT2D eigenvalue weighted by atomic mass is 35.5. The number of fused-ring (bicyclic) bond motifs is 1. The van der Waals surface area contributed by atoms with Gasteiger partial charge in [0.2, 0.25) is 0 Å². The standard InChI is InChI=1S/C38H32F2N4O3.ClH/c1-42-21-9-22-43(25-24-42)35(45)26-33-32-14-7-8-15-34(32)44(23-20-38(33,39)40)37(47)28-16-18-29(19-17-28)41-36(46)31-13-6-5-12-30(31)27-10-3-2-4-11-27;/h2-19,21,24-26H,20,22-23H2,1H3,(H,41,46);1H/b33-26-;. The van der Waals surface area contributed by atoms with Crippen LogP contribution in [0.3, 0.4) is 0 Å². The Labute approximate surface area is 283 Å². The first kappa shape index (κ1) is 33.8. The summed E-state index contributed by atoms with van der Waals surface area (Å²) in [7, 11) is 1.80. The van der Waals surface area contributed by atoms with Crippen molar-refractivity contribution in [1.82, 2.24) is 9.80 Å². The normalized spacial score (nSPS) is 16.0. The van der Waals surface area contributed by atoms with Crippen molar-refractivity contribution in [2.45, 2.75) is 12.3 Å². The van der Waals surface area contributed by atoms with Gasteiger partial charge in [0, 0.05) is 79.2 Å². The minimum absolute atomic E-state index is 0. The van der Waals surface area contributed by atoms with Gasteiger partial charge in [0.1, 0.15) is 0 Å². The molecule has 0 aromatic heterocycles. The number of para-hydroxylation sites is 1. The molecule has 0 saturated carbocycles. The van der Waals surface area contributed by atoms with Gasteiger partial charge in [-0.15, -0.1) is 12.4 Å². The second kappa shape index (κ2) is 14.5. The van der Waals surface area contributed by atoms with Gasteiger partial charge in [-0.05, 0) is 53.6 Å². The molecule has 3 amide bonds. The van der Waals surface area contributed by atoms with E-state index in [2.05, 4.69) is 5.32 Å². The van der Waals surface area contributed by atoms with Crippen molar-refractivity contribution in [3.8, 4) is 11.1 Å². The van der Waals surface area contributed by atoms with Gasteiger partial charge >= 0.3 is 0 Å². The molecule has 2 heterocycles. The number of alkyl halides is 2. The van der Waals surface area contributed by atoms with Crippen LogP contribution in [0, 0.1) is 0 Å². The lowest BCUT2D eigenvalue weighted by Gasteiger charge is -2.23. The van der Waals surface area contributed by atoms with Crippen molar-refractivity contribution in [3.63, 3.8) is 0 Å². The van der Waals surface area contributed by atoms with E-state index in [-0.39, 0.29) is 48.2 Å². The van der Waals surface area contributed by atoms with E-state index in [0.29, 0.717) is 11.3 Å². The molecular weight excluding hydrogens is 634 g/mol. The summed E-state index contributed by atoms with van der Waals surface area (Å²) in [4.78, 5) is 44.6. The van der Waals surface area contributed by atoms with Crippen LogP contribution in [0.25, 0.3) is 16.7 Å². The third-order valence-electron chi connectivity index (χ3n) is 8.10. The fourth-order valence-electron chi connectivity index (χ4n) is 5.63. The van der Waals surface area contributed by atoms with Crippen molar-refractivity contribution in [2.24, 2.45) is 0 Å². The van der Waals surface area contributed by atoms with Gasteiger partial charge in [-0.2, -0.15) is 0 Å². The van der Waals surface area contributed by atoms with Crippen LogP contribution in [-0.4, -0.2) is 53.6 Å². The fraction of sp³-hybridized carbons (Fsp3) is 0.132. The van der Waals surface area contributed by atoms with E-state index in [0.717, 1.165) is 17.2 Å². The molecule has 10 heteroatoms. The Hall–Kier alpha value is -5.54. The van der Waals surface area contributed by atoms with Crippen molar-refractivity contribution >= 4 is 47.1 Å². The Kier molecular flexibility index (Phi) is 10.2. The molecule has 244 valence electrons. The Morgan fingerprint density at radius 2 is 1.46 bits per heavy atom. The lowest BCUT2D eigenvalue weighted by atomic mass is 9.96. The average molecular weight is 667 g/mol. The smallest absolute Gasteiger partial charge is 0.275 e. The molecule has 2 aliphatic rings. The van der Waals surface area contributed by atoms with E-state index in [1.807, 2.05) is 42.5 Å². The summed E-state index contributed by atoms with van der Waals surface area (Å²) >= 11 is 0. The van der Waals surface area contributed by atoms with Crippen molar-refractivity contribution in [3.05, 3.63) is 151 Å². The highest BCUT2D eigenvalue weighted by Gasteiger charge is 2.41. The summed E-state index contributed by atoms with van der Waals surface area (Å²) < 4.78 is 31.4. The number of amides is 3. The second-order valence-corrected chi connectivity index (χ2v) is 11.3. The van der Waals surface area contributed by atoms with Crippen LogP contribution in [0.1, 0.15) is 32.7 Å². The van der Waals surface area contributed by atoms with Crippen LogP contribution in [-0.2, 0) is 4.79 Å². The molecule has 0 atom stereocenters. The number of allylic oxidation sites excluding steroid dienone is 1. The van der Waals surface area contributed by atoms with Gasteiger partial charge in [0.25, 0.3) is 23.6 Å². The minimum Gasteiger partial charge on any atom is -0.356 e. The summed E-state index contributed by atoms with van der Waals surface area (Å²) in [5, 5.41) is 2.89. The van der Waals surface area contributed by atoms with Crippen LogP contribution in [0.4, 0.5) is 20.2 Å². The van der Waals surface area contributed by atoms with Crippen molar-refractivity contribution in [1.29, 1.82) is 0 Å². The van der Waals surface area contributed by atoms with E-state index < -0.39 is 29.7 Å². The molecule has 1 N–H and O–H groups in total. The fourth-order valence-corrected chi connectivity index (χ4v) is 5.63. The third kappa shape index (κ3) is 7.21. The highest BCUT2D eigenvalue weighted by Crippen LogP contribution is 2.43. The summed E-state index contributed by atoms with van der Waals surface area (Å²) in [6.07, 6.45) is 7.06. The maximum Gasteiger partial charge on any atom is 0.275 e. The first-order chi connectivity index (χ1) is 22.7. The number of hydrogen-bond acceptors (Lipinski definition) is 4. The number of rotatable bonds is 5. The Balaban J connectivity index is 0.00000451. The minimum atomic E-state index is -3.37. The van der Waals surface area contributed by atoms with Crippen LogP contribution in [0.15, 0.2) is 134 Å². The zero-order valence-corrected chi connectivity index (χ0v) is 26.9. The molecule has 0 bridgehead atoms. The second-order valence-electron chi connectivity index (χ2n) is 11.3. The molecule has 4 aromatic carbocycles. The predicted octanol–water partition coefficient (Wildman–Crippen LogP) is 7.86. The maximum atomic E-state index is 15.7. The summed E-state index contributed by atoms with van der Waals surface area (Å²) in [6, 6.07) is 29.6. The topological polar surface area (TPSA) is 73.0 Å². The molecule has 0 fully saturated rings. The predicted molar refractivity (Wildman–Crippen MR) is 187 cm³/mol. The molecule has 48 heavy (non-hydrogen) atoms. The number of benzene rings is 4. The quantitative estimate of drug-likeness (QED) is 0.220. The zero-order valence-electron chi connectivity index (χ0n) is 26.1. The highest BCUT2D eigenvalue weighted by molar-refractivity contribution is 6.11. The summed E-state index contributed by atoms with van der Waals surface area (Å²) in [5.41, 5.74) is 2.91. The van der Waals surface area contributed by atoms with Gasteiger partial charge in [0.15, 0.2) is 0 Å². The van der Waals surface area contributed by atoms with Gasteiger partial charge in [0.05, 0.1) is 5.69 Å². The Morgan fingerprint density at radius 1 is 0.792 bits per heavy atom. The Morgan fingerprint density at radius 3 is 2.21 bits per heavy atom. The largest absolute Gasteiger partial charge is 0.356 e. The number of carbonyl (C=O) groups excluding carboxylic acids is 3. The van der Waals surface area contributed by atoms with E-state index in [1.54, 1.807) is 91.2 Å². The first-order valence-corrected chi connectivity index (χ1v) is 15.2. The van der Waals surface area contributed by atoms with Gasteiger partial charge in [-0.3, -0.25) is 14.4 Å². The third-order valence-corrected chi connectivity index (χ3v) is 8.10. The van der Waals surface area contributed by atoms with Gasteiger partial charge in [-0.1, -0.05) is 66.7 Å². The molecule has 6 rings (SSSR count). The van der Waals surface area contributed by atoms with Gasteiger partial charge in [-0.25, -0.2) is 8.78 Å². The molecule has 2 aliphatic heterocycles. The number of carbonyl (C=O) groups is 3. The number of anilines is 2. The lowest BCUT2D eigenvalue weighted by Crippen LogP contribution is -2.33. The zero-order chi connectivity index (χ0) is 33.0. The lowest BCUT2D eigenvalue weighted by molar-refractivity contribution is -0.123. The number of nitrogens with one attached hydrogen (secondary N) is 1. The maximum absolute atomic E-state index is 15.7. The van der Waals surface area contributed by atoms with E-state index >= 15 is 8.78 Å². The number of hydrogen-bond donors (Lipinski definition) is 1. The van der Waals surface area contributed by atoms with Crippen molar-refractivity contribution < 1.29 is 23.2 Å². The molecule has 0 saturated heterocycles. The van der Waals surface area contributed by atoms with Crippen LogP contribution in [0.2, 0.25) is 0 Å². The average Bonchev–Trinajstić information content (AvgIpc) is 3.37. The van der Waals surface area contributed by atoms with E-state index in [1.165, 1.54) is 15.9 Å². The number of nitrogens with zero attached hydrogens (tertiary/aromatic N) is 3. The molecule has 7 nitrogen and oxygen atoms in total. The van der Waals surface area contributed by atoms with Crippen LogP contribution in [0.5, 0.6) is 0 Å². The summed E-state index contributed by atoms with van der Waals surface area (Å²) in [5.74, 6) is -4.74. The molecular formula is C38H33ClF2N4O3. The van der Waals surface area contributed by atoms with Gasteiger partial charge < -0.3 is 20.0 Å². The molecule has 0 aliphatic carbocycles. The monoisotopic (exact) mass is 666 g/mol. The number of halogens is 3. The van der Waals surface area contributed by atoms with E-state index in [4.69, 9.17) is 0 Å². The molecule has 0 unspecified atom stereocenters. The van der Waals surface area contributed by atoms with E-state index in [9.17, 15) is 14.4 Å². The SMILES string of the molecule is CN1C=CCN(C(=O)/C=C2/c3ccccc3N(C(=O)c3ccc(NC(=O)c4ccccc4-c4ccccc4)cc3)CCC2(F)F)C=C1.Cl. The van der Waals surface area contributed by atoms with Crippen LogP contribution < -0.4 is 10.2 Å². The molecule has 0 radical (unpaired) electrons. The van der Waals surface area contributed by atoms with Crippen LogP contribution >= 0.6 is 12.4 Å².